The highest BCUT2D eigenvalue weighted by atomic mass is 16.5. The zero-order valence-corrected chi connectivity index (χ0v) is 16.3. The summed E-state index contributed by atoms with van der Waals surface area (Å²) in [6.45, 7) is 9.30. The van der Waals surface area contributed by atoms with Crippen LogP contribution < -0.4 is 14.8 Å². The zero-order valence-electron chi connectivity index (χ0n) is 16.3. The van der Waals surface area contributed by atoms with Crippen molar-refractivity contribution in [3.63, 3.8) is 0 Å². The number of ether oxygens (including phenoxy) is 2. The van der Waals surface area contributed by atoms with Crippen LogP contribution in [0.25, 0.3) is 0 Å². The van der Waals surface area contributed by atoms with Gasteiger partial charge in [-0.1, -0.05) is 13.8 Å². The maximum atomic E-state index is 12.5. The Kier molecular flexibility index (Phi) is 6.41. The summed E-state index contributed by atoms with van der Waals surface area (Å²) in [5, 5.41) is 3.10. The summed E-state index contributed by atoms with van der Waals surface area (Å²) < 4.78 is 11.0. The highest BCUT2D eigenvalue weighted by molar-refractivity contribution is 5.79. The Labute approximate surface area is 157 Å². The molecule has 0 bridgehead atoms. The summed E-state index contributed by atoms with van der Waals surface area (Å²) in [5.41, 5.74) is 1.05. The van der Waals surface area contributed by atoms with E-state index in [1.165, 1.54) is 19.5 Å². The number of fused-ring (bicyclic) bond motifs is 1. The van der Waals surface area contributed by atoms with E-state index in [4.69, 9.17) is 9.47 Å². The average Bonchev–Trinajstić information content (AvgIpc) is 2.63. The van der Waals surface area contributed by atoms with Crippen molar-refractivity contribution in [2.45, 2.75) is 33.1 Å². The average molecular weight is 360 g/mol. The number of nitrogens with zero attached hydrogens (tertiary/aromatic N) is 1. The summed E-state index contributed by atoms with van der Waals surface area (Å²) >= 11 is 0. The van der Waals surface area contributed by atoms with Crippen molar-refractivity contribution in [1.29, 1.82) is 0 Å². The number of rotatable bonds is 6. The molecule has 0 radical (unpaired) electrons. The van der Waals surface area contributed by atoms with Crippen LogP contribution in [0, 0.1) is 17.8 Å². The molecule has 1 aromatic rings. The molecule has 144 valence electrons. The predicted octanol–water partition coefficient (Wildman–Crippen LogP) is 2.73. The SMILES string of the molecule is COc1ccc2c(c1)CC(C(=O)NCCCN1CC(C)CC(C)C1)CO2. The van der Waals surface area contributed by atoms with Gasteiger partial charge in [0.1, 0.15) is 18.1 Å². The molecule has 5 heteroatoms. The topological polar surface area (TPSA) is 50.8 Å². The number of piperidine rings is 1. The summed E-state index contributed by atoms with van der Waals surface area (Å²) in [5.74, 6) is 3.21. The summed E-state index contributed by atoms with van der Waals surface area (Å²) in [6, 6.07) is 5.78. The molecule has 1 fully saturated rings. The van der Waals surface area contributed by atoms with Gasteiger partial charge in [0.15, 0.2) is 0 Å². The fourth-order valence-electron chi connectivity index (χ4n) is 4.30. The van der Waals surface area contributed by atoms with Crippen LogP contribution in [0.4, 0.5) is 0 Å². The Morgan fingerprint density at radius 3 is 2.81 bits per heavy atom. The van der Waals surface area contributed by atoms with Crippen molar-refractivity contribution >= 4 is 5.91 Å². The monoisotopic (exact) mass is 360 g/mol. The highest BCUT2D eigenvalue weighted by Gasteiger charge is 2.26. The molecular formula is C21H32N2O3. The van der Waals surface area contributed by atoms with E-state index in [1.807, 2.05) is 18.2 Å². The Hall–Kier alpha value is -1.75. The molecule has 2 aliphatic rings. The molecule has 1 saturated heterocycles. The number of amides is 1. The molecule has 3 atom stereocenters. The fraction of sp³-hybridized carbons (Fsp3) is 0.667. The quantitative estimate of drug-likeness (QED) is 0.793. The lowest BCUT2D eigenvalue weighted by molar-refractivity contribution is -0.126. The minimum absolute atomic E-state index is 0.0962. The maximum absolute atomic E-state index is 12.5. The van der Waals surface area contributed by atoms with Crippen LogP contribution in [0.1, 0.15) is 32.3 Å². The molecule has 1 N–H and O–H groups in total. The molecule has 3 rings (SSSR count). The normalized spacial score (nSPS) is 25.9. The number of hydrogen-bond acceptors (Lipinski definition) is 4. The van der Waals surface area contributed by atoms with Crippen LogP contribution in [0.15, 0.2) is 18.2 Å². The molecule has 1 amide bonds. The third kappa shape index (κ3) is 4.91. The number of benzene rings is 1. The van der Waals surface area contributed by atoms with Crippen LogP contribution in [-0.4, -0.2) is 50.7 Å². The van der Waals surface area contributed by atoms with Gasteiger partial charge in [0.05, 0.1) is 13.0 Å². The highest BCUT2D eigenvalue weighted by Crippen LogP contribution is 2.30. The van der Waals surface area contributed by atoms with E-state index >= 15 is 0 Å². The molecule has 0 saturated carbocycles. The van der Waals surface area contributed by atoms with Gasteiger partial charge in [0.25, 0.3) is 0 Å². The number of carbonyl (C=O) groups excluding carboxylic acids is 1. The lowest BCUT2D eigenvalue weighted by Gasteiger charge is -2.35. The van der Waals surface area contributed by atoms with Crippen molar-refractivity contribution in [3.8, 4) is 11.5 Å². The number of methoxy groups -OCH3 is 1. The van der Waals surface area contributed by atoms with Crippen LogP contribution >= 0.6 is 0 Å². The van der Waals surface area contributed by atoms with E-state index in [0.29, 0.717) is 13.0 Å². The van der Waals surface area contributed by atoms with E-state index in [1.54, 1.807) is 7.11 Å². The van der Waals surface area contributed by atoms with Gasteiger partial charge in [-0.3, -0.25) is 4.79 Å². The molecule has 2 aliphatic heterocycles. The first kappa shape index (κ1) is 19.0. The second kappa shape index (κ2) is 8.76. The largest absolute Gasteiger partial charge is 0.497 e. The smallest absolute Gasteiger partial charge is 0.226 e. The Bertz CT molecular complexity index is 609. The first-order chi connectivity index (χ1) is 12.5. The standard InChI is InChI=1S/C21H32N2O3/c1-15-9-16(2)13-23(12-15)8-4-7-22-21(24)18-10-17-11-19(25-3)5-6-20(17)26-14-18/h5-6,11,15-16,18H,4,7-10,12-14H2,1-3H3,(H,22,24). The maximum Gasteiger partial charge on any atom is 0.226 e. The van der Waals surface area contributed by atoms with Crippen molar-refractivity contribution in [2.24, 2.45) is 17.8 Å². The van der Waals surface area contributed by atoms with E-state index in [-0.39, 0.29) is 11.8 Å². The molecule has 2 heterocycles. The lowest BCUT2D eigenvalue weighted by atomic mass is 9.92. The first-order valence-corrected chi connectivity index (χ1v) is 9.85. The molecular weight excluding hydrogens is 328 g/mol. The third-order valence-electron chi connectivity index (χ3n) is 5.44. The number of nitrogens with one attached hydrogen (secondary N) is 1. The van der Waals surface area contributed by atoms with Crippen LogP contribution in [0.5, 0.6) is 11.5 Å². The van der Waals surface area contributed by atoms with Crippen molar-refractivity contribution in [1.82, 2.24) is 10.2 Å². The van der Waals surface area contributed by atoms with Gasteiger partial charge in [0.2, 0.25) is 5.91 Å². The molecule has 0 aliphatic carbocycles. The number of likely N-dealkylation sites (tertiary alicyclic amines) is 1. The second-order valence-corrected chi connectivity index (χ2v) is 8.04. The second-order valence-electron chi connectivity index (χ2n) is 8.04. The lowest BCUT2D eigenvalue weighted by Crippen LogP contribution is -2.41. The Balaban J connectivity index is 1.41. The minimum Gasteiger partial charge on any atom is -0.497 e. The fourth-order valence-corrected chi connectivity index (χ4v) is 4.30. The van der Waals surface area contributed by atoms with Crippen molar-refractivity contribution < 1.29 is 14.3 Å². The first-order valence-electron chi connectivity index (χ1n) is 9.85. The summed E-state index contributed by atoms with van der Waals surface area (Å²) in [4.78, 5) is 15.0. The van der Waals surface area contributed by atoms with E-state index in [9.17, 15) is 4.79 Å². The molecule has 0 spiro atoms. The molecule has 0 aromatic heterocycles. The van der Waals surface area contributed by atoms with Gasteiger partial charge >= 0.3 is 0 Å². The van der Waals surface area contributed by atoms with Gasteiger partial charge in [-0.05, 0) is 61.4 Å². The summed E-state index contributed by atoms with van der Waals surface area (Å²) in [6.07, 6.45) is 3.05. The molecule has 5 nitrogen and oxygen atoms in total. The predicted molar refractivity (Wildman–Crippen MR) is 103 cm³/mol. The summed E-state index contributed by atoms with van der Waals surface area (Å²) in [7, 11) is 1.65. The number of hydrogen-bond donors (Lipinski definition) is 1. The zero-order chi connectivity index (χ0) is 18.5. The Morgan fingerprint density at radius 1 is 1.31 bits per heavy atom. The van der Waals surface area contributed by atoms with Gasteiger partial charge in [-0.2, -0.15) is 0 Å². The third-order valence-corrected chi connectivity index (χ3v) is 5.44. The van der Waals surface area contributed by atoms with E-state index < -0.39 is 0 Å². The Morgan fingerprint density at radius 2 is 2.08 bits per heavy atom. The molecule has 26 heavy (non-hydrogen) atoms. The van der Waals surface area contributed by atoms with Gasteiger partial charge in [0, 0.05) is 19.6 Å². The number of carbonyl (C=O) groups is 1. The van der Waals surface area contributed by atoms with Crippen molar-refractivity contribution in [3.05, 3.63) is 23.8 Å². The van der Waals surface area contributed by atoms with Crippen molar-refractivity contribution in [2.75, 3.05) is 39.9 Å². The minimum atomic E-state index is -0.121. The van der Waals surface area contributed by atoms with E-state index in [2.05, 4.69) is 24.1 Å². The molecule has 1 aromatic carbocycles. The van der Waals surface area contributed by atoms with Gasteiger partial charge in [-0.25, -0.2) is 0 Å². The van der Waals surface area contributed by atoms with Crippen LogP contribution in [-0.2, 0) is 11.2 Å². The van der Waals surface area contributed by atoms with Gasteiger partial charge < -0.3 is 19.7 Å². The van der Waals surface area contributed by atoms with Crippen LogP contribution in [0.3, 0.4) is 0 Å². The van der Waals surface area contributed by atoms with Crippen LogP contribution in [0.2, 0.25) is 0 Å². The van der Waals surface area contributed by atoms with E-state index in [0.717, 1.165) is 48.4 Å². The van der Waals surface area contributed by atoms with Gasteiger partial charge in [-0.15, -0.1) is 0 Å². The molecule has 3 unspecified atom stereocenters.